The van der Waals surface area contributed by atoms with Gasteiger partial charge in [0.2, 0.25) is 10.0 Å². The molecular formula is C11H19N3O4S2. The quantitative estimate of drug-likeness (QED) is 0.759. The van der Waals surface area contributed by atoms with Gasteiger partial charge in [0.1, 0.15) is 10.9 Å². The van der Waals surface area contributed by atoms with Gasteiger partial charge in [-0.2, -0.15) is 21.6 Å². The number of carboxylic acids is 1. The van der Waals surface area contributed by atoms with Gasteiger partial charge in [-0.15, -0.1) is 0 Å². The van der Waals surface area contributed by atoms with Crippen molar-refractivity contribution in [2.45, 2.75) is 31.2 Å². The van der Waals surface area contributed by atoms with E-state index >= 15 is 0 Å². The van der Waals surface area contributed by atoms with Gasteiger partial charge in [-0.3, -0.25) is 9.48 Å². The molecule has 9 heteroatoms. The van der Waals surface area contributed by atoms with Crippen molar-refractivity contribution in [1.82, 2.24) is 14.5 Å². The Bertz CT molecular complexity index is 595. The molecule has 0 saturated carbocycles. The van der Waals surface area contributed by atoms with Crippen LogP contribution in [0.2, 0.25) is 0 Å². The zero-order chi connectivity index (χ0) is 15.5. The van der Waals surface area contributed by atoms with Crippen molar-refractivity contribution in [2.75, 3.05) is 12.0 Å². The first-order valence-corrected chi connectivity index (χ1v) is 8.82. The molecule has 1 aromatic heterocycles. The number of aliphatic carboxylic acids is 1. The smallest absolute Gasteiger partial charge is 0.321 e. The minimum absolute atomic E-state index is 0.0513. The van der Waals surface area contributed by atoms with Crippen molar-refractivity contribution in [3.8, 4) is 0 Å². The number of nitrogens with zero attached hydrogens (tertiary/aromatic N) is 2. The van der Waals surface area contributed by atoms with Gasteiger partial charge in [-0.1, -0.05) is 0 Å². The predicted molar refractivity (Wildman–Crippen MR) is 77.4 cm³/mol. The first-order valence-electron chi connectivity index (χ1n) is 5.95. The van der Waals surface area contributed by atoms with Gasteiger partial charge in [0.05, 0.1) is 11.4 Å². The van der Waals surface area contributed by atoms with E-state index in [1.54, 1.807) is 20.9 Å². The average Bonchev–Trinajstić information content (AvgIpc) is 2.58. The van der Waals surface area contributed by atoms with Crippen molar-refractivity contribution in [3.63, 3.8) is 0 Å². The standard InChI is InChI=1S/C11H19N3O4S2/c1-7-10(8(2)14(3)12-7)20(17,18)13-9(11(15)16)5-6-19-4/h9,13H,5-6H2,1-4H3,(H,15,16)/t9-/m0/s1. The van der Waals surface area contributed by atoms with E-state index in [1.807, 2.05) is 6.26 Å². The number of hydrogen-bond donors (Lipinski definition) is 2. The molecule has 0 aliphatic heterocycles. The highest BCUT2D eigenvalue weighted by atomic mass is 32.2. The lowest BCUT2D eigenvalue weighted by atomic mass is 10.2. The summed E-state index contributed by atoms with van der Waals surface area (Å²) in [4.78, 5) is 11.2. The van der Waals surface area contributed by atoms with Gasteiger partial charge in [0.15, 0.2) is 0 Å². The van der Waals surface area contributed by atoms with Gasteiger partial charge in [0, 0.05) is 7.05 Å². The third-order valence-electron chi connectivity index (χ3n) is 2.92. The number of aryl methyl sites for hydroxylation is 2. The van der Waals surface area contributed by atoms with Crippen molar-refractivity contribution >= 4 is 27.8 Å². The fourth-order valence-corrected chi connectivity index (χ4v) is 3.99. The van der Waals surface area contributed by atoms with E-state index in [9.17, 15) is 13.2 Å². The molecule has 20 heavy (non-hydrogen) atoms. The van der Waals surface area contributed by atoms with Gasteiger partial charge in [0.25, 0.3) is 0 Å². The normalized spacial score (nSPS) is 13.4. The summed E-state index contributed by atoms with van der Waals surface area (Å²) < 4.78 is 28.4. The van der Waals surface area contributed by atoms with Crippen LogP contribution in [0.25, 0.3) is 0 Å². The van der Waals surface area contributed by atoms with Crippen molar-refractivity contribution in [2.24, 2.45) is 7.05 Å². The number of rotatable bonds is 7. The lowest BCUT2D eigenvalue weighted by molar-refractivity contribution is -0.139. The SMILES string of the molecule is CSCC[C@H](NS(=O)(=O)c1c(C)nn(C)c1C)C(=O)O. The number of sulfonamides is 1. The van der Waals surface area contributed by atoms with E-state index in [2.05, 4.69) is 9.82 Å². The molecule has 0 aliphatic rings. The van der Waals surface area contributed by atoms with Crippen LogP contribution in [-0.4, -0.2) is 47.3 Å². The fraction of sp³-hybridized carbons (Fsp3) is 0.636. The molecule has 7 nitrogen and oxygen atoms in total. The van der Waals surface area contributed by atoms with Crippen molar-refractivity contribution in [1.29, 1.82) is 0 Å². The Balaban J connectivity index is 3.07. The molecule has 1 aromatic rings. The molecule has 0 radical (unpaired) electrons. The molecule has 1 rings (SSSR count). The monoisotopic (exact) mass is 321 g/mol. The van der Waals surface area contributed by atoms with Crippen molar-refractivity contribution < 1.29 is 18.3 Å². The Kier molecular flexibility index (Phi) is 5.60. The Morgan fingerprint density at radius 1 is 1.50 bits per heavy atom. The second kappa shape index (κ2) is 6.59. The van der Waals surface area contributed by atoms with E-state index in [-0.39, 0.29) is 11.3 Å². The first-order chi connectivity index (χ1) is 9.20. The molecular weight excluding hydrogens is 302 g/mol. The van der Waals surface area contributed by atoms with Crippen molar-refractivity contribution in [3.05, 3.63) is 11.4 Å². The largest absolute Gasteiger partial charge is 0.480 e. The molecule has 0 unspecified atom stereocenters. The zero-order valence-electron chi connectivity index (χ0n) is 11.9. The van der Waals surface area contributed by atoms with Crippen LogP contribution in [0.4, 0.5) is 0 Å². The zero-order valence-corrected chi connectivity index (χ0v) is 13.5. The highest BCUT2D eigenvalue weighted by Crippen LogP contribution is 2.19. The maximum absolute atomic E-state index is 12.3. The van der Waals surface area contributed by atoms with Gasteiger partial charge in [-0.25, -0.2) is 8.42 Å². The number of nitrogens with one attached hydrogen (secondary N) is 1. The number of carboxylic acid groups (broad SMARTS) is 1. The number of carbonyl (C=O) groups is 1. The summed E-state index contributed by atoms with van der Waals surface area (Å²) in [6.45, 7) is 3.21. The van der Waals surface area contributed by atoms with Crippen LogP contribution in [0.5, 0.6) is 0 Å². The molecule has 0 amide bonds. The molecule has 0 saturated heterocycles. The lowest BCUT2D eigenvalue weighted by Crippen LogP contribution is -2.41. The minimum atomic E-state index is -3.90. The van der Waals surface area contributed by atoms with Crippen LogP contribution >= 0.6 is 11.8 Å². The second-order valence-corrected chi connectivity index (χ2v) is 7.05. The summed E-state index contributed by atoms with van der Waals surface area (Å²) in [5.41, 5.74) is 0.829. The van der Waals surface area contributed by atoms with Crippen LogP contribution in [0.3, 0.4) is 0 Å². The Hall–Kier alpha value is -1.06. The topological polar surface area (TPSA) is 101 Å². The number of aromatic nitrogens is 2. The Labute approximate surface area is 122 Å². The summed E-state index contributed by atoms with van der Waals surface area (Å²) in [6.07, 6.45) is 2.07. The van der Waals surface area contributed by atoms with Crippen LogP contribution in [0, 0.1) is 13.8 Å². The molecule has 1 atom stereocenters. The summed E-state index contributed by atoms with van der Waals surface area (Å²) in [5, 5.41) is 13.1. The summed E-state index contributed by atoms with van der Waals surface area (Å²) in [5.74, 6) is -0.619. The molecule has 114 valence electrons. The number of hydrogen-bond acceptors (Lipinski definition) is 5. The average molecular weight is 321 g/mol. The molecule has 2 N–H and O–H groups in total. The predicted octanol–water partition coefficient (Wildman–Crippen LogP) is 0.522. The highest BCUT2D eigenvalue weighted by Gasteiger charge is 2.29. The lowest BCUT2D eigenvalue weighted by Gasteiger charge is -2.14. The van der Waals surface area contributed by atoms with E-state index < -0.39 is 22.0 Å². The fourth-order valence-electron chi connectivity index (χ4n) is 1.86. The Morgan fingerprint density at radius 2 is 2.10 bits per heavy atom. The van der Waals surface area contributed by atoms with Gasteiger partial charge < -0.3 is 5.11 Å². The molecule has 0 fully saturated rings. The van der Waals surface area contributed by atoms with Gasteiger partial charge in [-0.05, 0) is 32.3 Å². The molecule has 1 heterocycles. The minimum Gasteiger partial charge on any atom is -0.480 e. The highest BCUT2D eigenvalue weighted by molar-refractivity contribution is 7.98. The Morgan fingerprint density at radius 3 is 2.50 bits per heavy atom. The third kappa shape index (κ3) is 3.74. The van der Waals surface area contributed by atoms with E-state index in [4.69, 9.17) is 5.11 Å². The maximum atomic E-state index is 12.3. The van der Waals surface area contributed by atoms with E-state index in [0.717, 1.165) is 0 Å². The van der Waals surface area contributed by atoms with Crippen LogP contribution in [0.1, 0.15) is 17.8 Å². The maximum Gasteiger partial charge on any atom is 0.321 e. The molecule has 0 bridgehead atoms. The van der Waals surface area contributed by atoms with E-state index in [0.29, 0.717) is 17.1 Å². The van der Waals surface area contributed by atoms with Crippen LogP contribution in [0.15, 0.2) is 4.90 Å². The number of thioether (sulfide) groups is 1. The second-order valence-electron chi connectivity index (χ2n) is 4.42. The van der Waals surface area contributed by atoms with Gasteiger partial charge >= 0.3 is 5.97 Å². The van der Waals surface area contributed by atoms with E-state index in [1.165, 1.54) is 16.4 Å². The summed E-state index contributed by atoms with van der Waals surface area (Å²) in [6, 6.07) is -1.13. The van der Waals surface area contributed by atoms with Crippen LogP contribution in [-0.2, 0) is 21.9 Å². The molecule has 0 aliphatic carbocycles. The third-order valence-corrected chi connectivity index (χ3v) is 5.28. The summed E-state index contributed by atoms with van der Waals surface area (Å²) in [7, 11) is -2.26. The first kappa shape index (κ1) is 17.0. The summed E-state index contributed by atoms with van der Waals surface area (Å²) >= 11 is 1.46. The van der Waals surface area contributed by atoms with Crippen LogP contribution < -0.4 is 4.72 Å². The molecule has 0 aromatic carbocycles. The molecule has 0 spiro atoms.